The number of hydrogen-bond donors (Lipinski definition) is 2. The molecule has 0 aliphatic heterocycles. The van der Waals surface area contributed by atoms with Gasteiger partial charge >= 0.3 is 0 Å². The summed E-state index contributed by atoms with van der Waals surface area (Å²) in [5, 5.41) is 8.23. The van der Waals surface area contributed by atoms with Crippen molar-refractivity contribution < 1.29 is 8.42 Å². The molecule has 0 aromatic carbocycles. The molecule has 0 bridgehead atoms. The van der Waals surface area contributed by atoms with Crippen LogP contribution >= 0.6 is 11.6 Å². The number of primary sulfonamides is 1. The molecule has 6 nitrogen and oxygen atoms in total. The number of nitrogens with zero attached hydrogens (tertiary/aromatic N) is 2. The summed E-state index contributed by atoms with van der Waals surface area (Å²) in [7, 11) is -3.49. The lowest BCUT2D eigenvalue weighted by atomic mass is 9.95. The molecule has 0 aliphatic rings. The summed E-state index contributed by atoms with van der Waals surface area (Å²) in [5.74, 6) is 0.966. The maximum atomic E-state index is 10.9. The number of nitrogens with one attached hydrogen (secondary N) is 1. The summed E-state index contributed by atoms with van der Waals surface area (Å²) < 4.78 is 21.8. The molecule has 0 radical (unpaired) electrons. The second-order valence-corrected chi connectivity index (χ2v) is 7.45. The molecule has 0 saturated heterocycles. The minimum absolute atomic E-state index is 0.168. The zero-order chi connectivity index (χ0) is 14.8. The van der Waals surface area contributed by atoms with E-state index in [2.05, 4.69) is 15.3 Å². The largest absolute Gasteiger partial charge is 0.369 e. The van der Waals surface area contributed by atoms with Gasteiger partial charge in [-0.2, -0.15) is 0 Å². The van der Waals surface area contributed by atoms with Crippen LogP contribution in [0.2, 0.25) is 5.15 Å². The first-order chi connectivity index (χ1) is 8.50. The molecule has 8 heteroatoms. The van der Waals surface area contributed by atoms with Gasteiger partial charge in [-0.1, -0.05) is 32.4 Å². The Morgan fingerprint density at radius 3 is 2.37 bits per heavy atom. The number of aromatic nitrogens is 2. The average molecular weight is 307 g/mol. The highest BCUT2D eigenvalue weighted by Gasteiger charge is 2.20. The third-order valence-corrected chi connectivity index (χ3v) is 3.58. The van der Waals surface area contributed by atoms with Crippen LogP contribution in [0.5, 0.6) is 0 Å². The van der Waals surface area contributed by atoms with E-state index in [4.69, 9.17) is 16.7 Å². The van der Waals surface area contributed by atoms with E-state index in [1.54, 1.807) is 6.92 Å². The Labute approximate surface area is 118 Å². The fraction of sp³-hybridized carbons (Fsp3) is 0.636. The molecule has 19 heavy (non-hydrogen) atoms. The third-order valence-electron chi connectivity index (χ3n) is 2.44. The van der Waals surface area contributed by atoms with Gasteiger partial charge in [0.05, 0.1) is 5.75 Å². The molecule has 1 aromatic rings. The van der Waals surface area contributed by atoms with E-state index in [1.807, 2.05) is 20.8 Å². The summed E-state index contributed by atoms with van der Waals surface area (Å²) in [6, 6.07) is 0. The zero-order valence-electron chi connectivity index (χ0n) is 11.5. The molecule has 108 valence electrons. The molecule has 0 atom stereocenters. The minimum atomic E-state index is -3.49. The van der Waals surface area contributed by atoms with Gasteiger partial charge in [0.1, 0.15) is 16.8 Å². The van der Waals surface area contributed by atoms with Crippen molar-refractivity contribution in [3.05, 3.63) is 16.5 Å². The van der Waals surface area contributed by atoms with Crippen molar-refractivity contribution in [2.45, 2.75) is 33.1 Å². The molecule has 0 fully saturated rings. The van der Waals surface area contributed by atoms with Crippen molar-refractivity contribution >= 4 is 27.4 Å². The Morgan fingerprint density at radius 1 is 1.32 bits per heavy atom. The van der Waals surface area contributed by atoms with Crippen molar-refractivity contribution in [1.29, 1.82) is 0 Å². The molecule has 0 unspecified atom stereocenters. The first kappa shape index (κ1) is 16.1. The fourth-order valence-corrected chi connectivity index (χ4v) is 1.86. The molecule has 0 aliphatic carbocycles. The highest BCUT2D eigenvalue weighted by molar-refractivity contribution is 7.89. The topological polar surface area (TPSA) is 98.0 Å². The smallest absolute Gasteiger partial charge is 0.210 e. The van der Waals surface area contributed by atoms with Crippen LogP contribution in [-0.4, -0.2) is 30.7 Å². The summed E-state index contributed by atoms with van der Waals surface area (Å²) >= 11 is 6.06. The Bertz CT molecular complexity index is 567. The molecule has 3 N–H and O–H groups in total. The Hall–Kier alpha value is -0.920. The van der Waals surface area contributed by atoms with Gasteiger partial charge in [-0.05, 0) is 6.92 Å². The van der Waals surface area contributed by atoms with Gasteiger partial charge in [-0.25, -0.2) is 23.5 Å². The lowest BCUT2D eigenvalue weighted by molar-refractivity contribution is 0.545. The maximum absolute atomic E-state index is 10.9. The predicted molar refractivity (Wildman–Crippen MR) is 76.9 cm³/mol. The highest BCUT2D eigenvalue weighted by Crippen LogP contribution is 2.25. The van der Waals surface area contributed by atoms with Gasteiger partial charge in [0.2, 0.25) is 10.0 Å². The highest BCUT2D eigenvalue weighted by atomic mass is 35.5. The molecule has 1 aromatic heterocycles. The van der Waals surface area contributed by atoms with E-state index in [0.29, 0.717) is 22.4 Å². The molecule has 0 amide bonds. The van der Waals surface area contributed by atoms with Crippen LogP contribution in [0.3, 0.4) is 0 Å². The second kappa shape index (κ2) is 5.60. The van der Waals surface area contributed by atoms with Crippen molar-refractivity contribution in [2.75, 3.05) is 17.6 Å². The zero-order valence-corrected chi connectivity index (χ0v) is 13.1. The van der Waals surface area contributed by atoms with E-state index in [0.717, 1.165) is 0 Å². The third kappa shape index (κ3) is 4.93. The van der Waals surface area contributed by atoms with Gasteiger partial charge in [-0.15, -0.1) is 0 Å². The van der Waals surface area contributed by atoms with Crippen molar-refractivity contribution in [2.24, 2.45) is 5.14 Å². The Balaban J connectivity index is 2.97. The summed E-state index contributed by atoms with van der Waals surface area (Å²) in [5.41, 5.74) is 0.442. The SMILES string of the molecule is Cc1c(Cl)nc(C(C)(C)C)nc1NCCS(N)(=O)=O. The second-order valence-electron chi connectivity index (χ2n) is 5.36. The predicted octanol–water partition coefficient (Wildman–Crippen LogP) is 1.44. The standard InChI is InChI=1S/C11H19ClN4O2S/c1-7-8(12)15-10(11(2,3)4)16-9(7)14-5-6-19(13,17)18/h5-6H2,1-4H3,(H2,13,17,18)(H,14,15,16). The molecule has 1 heterocycles. The van der Waals surface area contributed by atoms with Crippen LogP contribution in [0.4, 0.5) is 5.82 Å². The Morgan fingerprint density at radius 2 is 1.89 bits per heavy atom. The molecule has 0 spiro atoms. The fourth-order valence-electron chi connectivity index (χ4n) is 1.31. The van der Waals surface area contributed by atoms with Crippen LogP contribution in [0.1, 0.15) is 32.2 Å². The molecular weight excluding hydrogens is 288 g/mol. The summed E-state index contributed by atoms with van der Waals surface area (Å²) in [6.45, 7) is 7.87. The number of sulfonamides is 1. The monoisotopic (exact) mass is 306 g/mol. The van der Waals surface area contributed by atoms with Crippen LogP contribution in [0.15, 0.2) is 0 Å². The van der Waals surface area contributed by atoms with Gasteiger partial charge < -0.3 is 5.32 Å². The van der Waals surface area contributed by atoms with Crippen LogP contribution < -0.4 is 10.5 Å². The maximum Gasteiger partial charge on any atom is 0.210 e. The first-order valence-electron chi connectivity index (χ1n) is 5.79. The number of nitrogens with two attached hydrogens (primary N) is 1. The number of rotatable bonds is 4. The van der Waals surface area contributed by atoms with Crippen LogP contribution in [0, 0.1) is 6.92 Å². The molecule has 0 saturated carbocycles. The van der Waals surface area contributed by atoms with E-state index in [-0.39, 0.29) is 17.7 Å². The normalized spacial score (nSPS) is 12.5. The number of halogens is 1. The first-order valence-corrected chi connectivity index (χ1v) is 7.89. The molecule has 1 rings (SSSR count). The lowest BCUT2D eigenvalue weighted by Gasteiger charge is -2.19. The summed E-state index contributed by atoms with van der Waals surface area (Å²) in [6.07, 6.45) is 0. The van der Waals surface area contributed by atoms with Crippen molar-refractivity contribution in [3.8, 4) is 0 Å². The number of hydrogen-bond acceptors (Lipinski definition) is 5. The minimum Gasteiger partial charge on any atom is -0.369 e. The average Bonchev–Trinajstić information content (AvgIpc) is 2.20. The van der Waals surface area contributed by atoms with Crippen LogP contribution in [-0.2, 0) is 15.4 Å². The van der Waals surface area contributed by atoms with E-state index in [1.165, 1.54) is 0 Å². The number of anilines is 1. The van der Waals surface area contributed by atoms with Gasteiger partial charge in [0, 0.05) is 17.5 Å². The van der Waals surface area contributed by atoms with Crippen molar-refractivity contribution in [1.82, 2.24) is 9.97 Å². The quantitative estimate of drug-likeness (QED) is 0.820. The Kier molecular flexibility index (Phi) is 4.76. The van der Waals surface area contributed by atoms with E-state index in [9.17, 15) is 8.42 Å². The summed E-state index contributed by atoms with van der Waals surface area (Å²) in [4.78, 5) is 8.61. The molecular formula is C11H19ClN4O2S. The van der Waals surface area contributed by atoms with Crippen molar-refractivity contribution in [3.63, 3.8) is 0 Å². The van der Waals surface area contributed by atoms with Gasteiger partial charge in [0.15, 0.2) is 0 Å². The van der Waals surface area contributed by atoms with Gasteiger partial charge in [-0.3, -0.25) is 0 Å². The lowest BCUT2D eigenvalue weighted by Crippen LogP contribution is -2.24. The van der Waals surface area contributed by atoms with Gasteiger partial charge in [0.25, 0.3) is 0 Å². The van der Waals surface area contributed by atoms with E-state index >= 15 is 0 Å². The van der Waals surface area contributed by atoms with Crippen LogP contribution in [0.25, 0.3) is 0 Å². The van der Waals surface area contributed by atoms with E-state index < -0.39 is 10.0 Å².